The predicted molar refractivity (Wildman–Crippen MR) is 88.5 cm³/mol. The number of sulfonamides is 1. The molecule has 0 aromatic heterocycles. The van der Waals surface area contributed by atoms with Crippen LogP contribution < -0.4 is 10.0 Å². The molecule has 9 heteroatoms. The van der Waals surface area contributed by atoms with E-state index < -0.39 is 40.1 Å². The van der Waals surface area contributed by atoms with Gasteiger partial charge in [0.05, 0.1) is 17.5 Å². The zero-order valence-corrected chi connectivity index (χ0v) is 14.9. The maximum Gasteiger partial charge on any atom is 0.241 e. The summed E-state index contributed by atoms with van der Waals surface area (Å²) in [5.41, 5.74) is 0. The lowest BCUT2D eigenvalue weighted by atomic mass is 10.0. The molecule has 3 N–H and O–H groups in total. The van der Waals surface area contributed by atoms with Gasteiger partial charge in [0.1, 0.15) is 11.9 Å². The van der Waals surface area contributed by atoms with Gasteiger partial charge >= 0.3 is 0 Å². The molecule has 25 heavy (non-hydrogen) atoms. The van der Waals surface area contributed by atoms with Crippen molar-refractivity contribution in [2.24, 2.45) is 5.92 Å². The van der Waals surface area contributed by atoms with Crippen molar-refractivity contribution in [1.29, 1.82) is 0 Å². The van der Waals surface area contributed by atoms with E-state index in [4.69, 9.17) is 4.74 Å². The topological polar surface area (TPSA) is 105 Å². The Morgan fingerprint density at radius 2 is 2.00 bits per heavy atom. The van der Waals surface area contributed by atoms with Crippen LogP contribution in [0.1, 0.15) is 26.7 Å². The van der Waals surface area contributed by atoms with Crippen LogP contribution in [-0.2, 0) is 19.6 Å². The first-order chi connectivity index (χ1) is 11.7. The monoisotopic (exact) mass is 374 g/mol. The molecule has 2 rings (SSSR count). The first-order valence-corrected chi connectivity index (χ1v) is 9.55. The largest absolute Gasteiger partial charge is 0.366 e. The quantitative estimate of drug-likeness (QED) is 0.653. The Bertz CT molecular complexity index is 693. The van der Waals surface area contributed by atoms with Crippen LogP contribution in [0, 0.1) is 11.7 Å². The molecule has 0 spiro atoms. The van der Waals surface area contributed by atoms with Gasteiger partial charge in [-0.1, -0.05) is 13.8 Å². The summed E-state index contributed by atoms with van der Waals surface area (Å²) in [6.07, 6.45) is -0.376. The lowest BCUT2D eigenvalue weighted by Gasteiger charge is -2.23. The van der Waals surface area contributed by atoms with Crippen LogP contribution >= 0.6 is 0 Å². The predicted octanol–water partition coefficient (Wildman–Crippen LogP) is 0.742. The zero-order valence-electron chi connectivity index (χ0n) is 14.1. The summed E-state index contributed by atoms with van der Waals surface area (Å²) in [6.45, 7) is 4.04. The second kappa shape index (κ2) is 8.22. The van der Waals surface area contributed by atoms with E-state index in [1.807, 2.05) is 13.8 Å². The van der Waals surface area contributed by atoms with Crippen molar-refractivity contribution in [3.05, 3.63) is 30.1 Å². The molecule has 1 saturated heterocycles. The molecule has 1 aromatic carbocycles. The summed E-state index contributed by atoms with van der Waals surface area (Å²) < 4.78 is 45.2. The maximum atomic E-state index is 13.0. The summed E-state index contributed by atoms with van der Waals surface area (Å²) in [7, 11) is -3.99. The van der Waals surface area contributed by atoms with Crippen LogP contribution in [0.2, 0.25) is 0 Å². The van der Waals surface area contributed by atoms with Crippen LogP contribution in [-0.4, -0.2) is 44.4 Å². The van der Waals surface area contributed by atoms with Crippen molar-refractivity contribution in [2.75, 3.05) is 6.61 Å². The molecule has 1 aliphatic rings. The highest BCUT2D eigenvalue weighted by Crippen LogP contribution is 2.15. The van der Waals surface area contributed by atoms with Crippen molar-refractivity contribution < 1.29 is 27.4 Å². The molecule has 1 aliphatic heterocycles. The lowest BCUT2D eigenvalue weighted by Crippen LogP contribution is -2.51. The Kier molecular flexibility index (Phi) is 6.50. The van der Waals surface area contributed by atoms with Gasteiger partial charge in [-0.2, -0.15) is 4.72 Å². The summed E-state index contributed by atoms with van der Waals surface area (Å²) in [5.74, 6) is -1.03. The normalized spacial score (nSPS) is 22.1. The number of amides is 1. The number of carbonyl (C=O) groups is 1. The van der Waals surface area contributed by atoms with E-state index in [0.717, 1.165) is 24.3 Å². The third-order valence-corrected chi connectivity index (χ3v) is 5.32. The lowest BCUT2D eigenvalue weighted by molar-refractivity contribution is -0.127. The fourth-order valence-corrected chi connectivity index (χ4v) is 3.76. The Morgan fingerprint density at radius 1 is 1.36 bits per heavy atom. The molecule has 140 valence electrons. The van der Waals surface area contributed by atoms with Gasteiger partial charge in [-0.15, -0.1) is 0 Å². The van der Waals surface area contributed by atoms with Gasteiger partial charge in [-0.3, -0.25) is 4.79 Å². The van der Waals surface area contributed by atoms with Crippen LogP contribution in [0.25, 0.3) is 0 Å². The fraction of sp³-hybridized carbons (Fsp3) is 0.562. The maximum absolute atomic E-state index is 13.0. The van der Waals surface area contributed by atoms with E-state index >= 15 is 0 Å². The molecule has 0 saturated carbocycles. The first-order valence-electron chi connectivity index (χ1n) is 8.07. The minimum atomic E-state index is -3.99. The molecule has 0 bridgehead atoms. The average molecular weight is 374 g/mol. The molecular formula is C16H23FN2O5S. The zero-order chi connectivity index (χ0) is 18.6. The molecule has 1 heterocycles. The highest BCUT2D eigenvalue weighted by molar-refractivity contribution is 7.89. The minimum absolute atomic E-state index is 0.0522. The number of carbonyl (C=O) groups excluding carboxylic acids is 1. The number of aliphatic hydroxyl groups is 1. The number of benzene rings is 1. The Hall–Kier alpha value is -1.55. The van der Waals surface area contributed by atoms with E-state index in [2.05, 4.69) is 10.0 Å². The number of aliphatic hydroxyl groups excluding tert-OH is 1. The second-order valence-electron chi connectivity index (χ2n) is 6.42. The molecule has 0 radical (unpaired) electrons. The number of hydrogen-bond donors (Lipinski definition) is 3. The van der Waals surface area contributed by atoms with Gasteiger partial charge in [-0.05, 0) is 43.0 Å². The molecule has 3 atom stereocenters. The third-order valence-electron chi connectivity index (χ3n) is 3.83. The number of nitrogens with one attached hydrogen (secondary N) is 2. The molecule has 3 unspecified atom stereocenters. The number of rotatable bonds is 7. The second-order valence-corrected chi connectivity index (χ2v) is 8.14. The molecule has 1 amide bonds. The van der Waals surface area contributed by atoms with Crippen molar-refractivity contribution in [3.63, 3.8) is 0 Å². The SMILES string of the molecule is CC(C)CC(NS(=O)(=O)c1ccc(F)cc1)C(=O)NC1CCOC1O. The molecular weight excluding hydrogens is 351 g/mol. The van der Waals surface area contributed by atoms with E-state index in [0.29, 0.717) is 13.0 Å². The van der Waals surface area contributed by atoms with Crippen molar-refractivity contribution in [1.82, 2.24) is 10.0 Å². The van der Waals surface area contributed by atoms with E-state index in [9.17, 15) is 22.7 Å². The Labute approximate surface area is 146 Å². The number of hydrogen-bond acceptors (Lipinski definition) is 5. The van der Waals surface area contributed by atoms with Crippen LogP contribution in [0.4, 0.5) is 4.39 Å². The van der Waals surface area contributed by atoms with Gasteiger partial charge in [0, 0.05) is 0 Å². The standard InChI is InChI=1S/C16H23FN2O5S/c1-10(2)9-14(15(20)18-13-7-8-24-16(13)21)19-25(22,23)12-5-3-11(17)4-6-12/h3-6,10,13-14,16,19,21H,7-9H2,1-2H3,(H,18,20). The van der Waals surface area contributed by atoms with Crippen molar-refractivity contribution in [3.8, 4) is 0 Å². The molecule has 1 aromatic rings. The van der Waals surface area contributed by atoms with Gasteiger partial charge in [0.2, 0.25) is 15.9 Å². The number of ether oxygens (including phenoxy) is 1. The highest BCUT2D eigenvalue weighted by atomic mass is 32.2. The van der Waals surface area contributed by atoms with Crippen LogP contribution in [0.3, 0.4) is 0 Å². The number of halogens is 1. The highest BCUT2D eigenvalue weighted by Gasteiger charge is 2.32. The smallest absolute Gasteiger partial charge is 0.241 e. The molecule has 1 fully saturated rings. The van der Waals surface area contributed by atoms with Crippen molar-refractivity contribution >= 4 is 15.9 Å². The van der Waals surface area contributed by atoms with Gasteiger partial charge < -0.3 is 15.2 Å². The molecule has 0 aliphatic carbocycles. The fourth-order valence-electron chi connectivity index (χ4n) is 2.55. The summed E-state index contributed by atoms with van der Waals surface area (Å²) >= 11 is 0. The van der Waals surface area contributed by atoms with Gasteiger partial charge in [0.15, 0.2) is 6.29 Å². The van der Waals surface area contributed by atoms with Gasteiger partial charge in [0.25, 0.3) is 0 Å². The first kappa shape index (κ1) is 19.8. The molecule has 7 nitrogen and oxygen atoms in total. The van der Waals surface area contributed by atoms with E-state index in [1.54, 1.807) is 0 Å². The van der Waals surface area contributed by atoms with E-state index in [-0.39, 0.29) is 17.2 Å². The average Bonchev–Trinajstić information content (AvgIpc) is 2.91. The summed E-state index contributed by atoms with van der Waals surface area (Å²) in [5, 5.41) is 12.2. The third kappa shape index (κ3) is 5.46. The van der Waals surface area contributed by atoms with E-state index in [1.165, 1.54) is 0 Å². The summed E-state index contributed by atoms with van der Waals surface area (Å²) in [4.78, 5) is 12.4. The van der Waals surface area contributed by atoms with Crippen LogP contribution in [0.15, 0.2) is 29.2 Å². The minimum Gasteiger partial charge on any atom is -0.366 e. The van der Waals surface area contributed by atoms with Crippen LogP contribution in [0.5, 0.6) is 0 Å². The van der Waals surface area contributed by atoms with Crippen molar-refractivity contribution in [2.45, 2.75) is 50.0 Å². The Balaban J connectivity index is 2.13. The Morgan fingerprint density at radius 3 is 2.52 bits per heavy atom. The summed E-state index contributed by atoms with van der Waals surface area (Å²) in [6, 6.07) is 2.77. The van der Waals surface area contributed by atoms with Gasteiger partial charge in [-0.25, -0.2) is 12.8 Å².